The highest BCUT2D eigenvalue weighted by Gasteiger charge is 2.03. The maximum Gasteiger partial charge on any atom is 0.263 e. The molecule has 5 heteroatoms. The molecule has 0 aliphatic heterocycles. The highest BCUT2D eigenvalue weighted by atomic mass is 35.5. The van der Waals surface area contributed by atoms with Crippen molar-refractivity contribution in [2.75, 3.05) is 0 Å². The molecule has 0 bridgehead atoms. The van der Waals surface area contributed by atoms with Gasteiger partial charge in [0.05, 0.1) is 17.5 Å². The van der Waals surface area contributed by atoms with Gasteiger partial charge in [-0.2, -0.15) is 0 Å². The summed E-state index contributed by atoms with van der Waals surface area (Å²) in [5.41, 5.74) is 1.70. The van der Waals surface area contributed by atoms with E-state index in [9.17, 15) is 4.79 Å². The van der Waals surface area contributed by atoms with Crippen molar-refractivity contribution < 1.29 is 4.74 Å². The molecule has 0 unspecified atom stereocenters. The Morgan fingerprint density at radius 3 is 2.52 bits per heavy atom. The predicted octanol–water partition coefficient (Wildman–Crippen LogP) is 2.99. The van der Waals surface area contributed by atoms with Crippen molar-refractivity contribution in [3.05, 3.63) is 76.8 Å². The molecule has 0 spiro atoms. The van der Waals surface area contributed by atoms with Gasteiger partial charge in [-0.25, -0.2) is 4.98 Å². The number of nitrogens with zero attached hydrogens (tertiary/aromatic N) is 2. The van der Waals surface area contributed by atoms with Gasteiger partial charge < -0.3 is 4.74 Å². The third-order valence-corrected chi connectivity index (χ3v) is 3.07. The van der Waals surface area contributed by atoms with Crippen LogP contribution >= 0.6 is 12.4 Å². The fraction of sp³-hybridized carbons (Fsp3) is 0.125. The summed E-state index contributed by atoms with van der Waals surface area (Å²) in [6, 6.07) is 17.2. The molecule has 0 aliphatic carbocycles. The van der Waals surface area contributed by atoms with Crippen molar-refractivity contribution in [1.29, 1.82) is 0 Å². The third-order valence-electron chi connectivity index (χ3n) is 3.07. The van der Waals surface area contributed by atoms with Crippen LogP contribution in [0.15, 0.2) is 65.7 Å². The van der Waals surface area contributed by atoms with Gasteiger partial charge in [0.2, 0.25) is 0 Å². The lowest BCUT2D eigenvalue weighted by Crippen LogP contribution is -2.21. The second-order valence-electron chi connectivity index (χ2n) is 4.50. The normalized spacial score (nSPS) is 10.3. The minimum absolute atomic E-state index is 0. The number of fused-ring (bicyclic) bond motifs is 1. The van der Waals surface area contributed by atoms with Crippen molar-refractivity contribution in [3.63, 3.8) is 0 Å². The lowest BCUT2D eigenvalue weighted by molar-refractivity contribution is 0.0614. The summed E-state index contributed by atoms with van der Waals surface area (Å²) in [7, 11) is 0. The van der Waals surface area contributed by atoms with Crippen molar-refractivity contribution in [2.45, 2.75) is 13.3 Å². The molecule has 108 valence electrons. The monoisotopic (exact) mass is 302 g/mol. The summed E-state index contributed by atoms with van der Waals surface area (Å²) in [5.74, 6) is 0. The molecule has 0 aliphatic rings. The van der Waals surface area contributed by atoms with Crippen LogP contribution in [0, 0.1) is 0 Å². The van der Waals surface area contributed by atoms with Gasteiger partial charge in [-0.1, -0.05) is 42.5 Å². The van der Waals surface area contributed by atoms with E-state index in [-0.39, 0.29) is 24.7 Å². The van der Waals surface area contributed by atoms with Gasteiger partial charge in [-0.3, -0.25) is 9.36 Å². The standard InChI is InChI=1S/C16H14N2O2.ClH/c19-16-14-8-4-5-9-15(14)17-11-18(16)12-20-10-13-6-2-1-3-7-13;/h1-9,11H,10,12H2;1H. The van der Waals surface area contributed by atoms with Gasteiger partial charge in [0.1, 0.15) is 13.1 Å². The molecular formula is C16H15ClN2O2. The number of rotatable bonds is 4. The molecule has 4 nitrogen and oxygen atoms in total. The van der Waals surface area contributed by atoms with Crippen LogP contribution in [0.1, 0.15) is 5.56 Å². The Bertz CT molecular complexity index is 772. The summed E-state index contributed by atoms with van der Waals surface area (Å²) in [5, 5.41) is 0.610. The van der Waals surface area contributed by atoms with E-state index in [0.717, 1.165) is 5.56 Å². The number of benzene rings is 2. The van der Waals surface area contributed by atoms with E-state index >= 15 is 0 Å². The van der Waals surface area contributed by atoms with Gasteiger partial charge in [0.15, 0.2) is 0 Å². The van der Waals surface area contributed by atoms with Crippen LogP contribution in [0.4, 0.5) is 0 Å². The van der Waals surface area contributed by atoms with Crippen LogP contribution in [0.2, 0.25) is 0 Å². The molecule has 2 aromatic carbocycles. The molecule has 0 fully saturated rings. The van der Waals surface area contributed by atoms with Crippen LogP contribution in [0.5, 0.6) is 0 Å². The molecule has 3 aromatic rings. The molecule has 0 atom stereocenters. The number of para-hydroxylation sites is 1. The second-order valence-corrected chi connectivity index (χ2v) is 4.50. The average molecular weight is 303 g/mol. The van der Waals surface area contributed by atoms with Gasteiger partial charge in [-0.05, 0) is 17.7 Å². The van der Waals surface area contributed by atoms with Gasteiger partial charge >= 0.3 is 0 Å². The molecule has 0 saturated carbocycles. The Balaban J connectivity index is 0.00000161. The Morgan fingerprint density at radius 1 is 1.00 bits per heavy atom. The first kappa shape index (κ1) is 15.2. The predicted molar refractivity (Wildman–Crippen MR) is 84.5 cm³/mol. The number of hydrogen-bond donors (Lipinski definition) is 0. The second kappa shape index (κ2) is 7.02. The lowest BCUT2D eigenvalue weighted by atomic mass is 10.2. The molecule has 3 rings (SSSR count). The first-order chi connectivity index (χ1) is 9.84. The van der Waals surface area contributed by atoms with E-state index in [0.29, 0.717) is 17.5 Å². The average Bonchev–Trinajstić information content (AvgIpc) is 2.51. The maximum atomic E-state index is 12.2. The molecule has 1 heterocycles. The Morgan fingerprint density at radius 2 is 1.71 bits per heavy atom. The smallest absolute Gasteiger partial charge is 0.263 e. The van der Waals surface area contributed by atoms with Crippen LogP contribution < -0.4 is 5.56 Å². The van der Waals surface area contributed by atoms with E-state index in [1.807, 2.05) is 48.5 Å². The first-order valence-corrected chi connectivity index (χ1v) is 6.40. The highest BCUT2D eigenvalue weighted by molar-refractivity contribution is 5.85. The summed E-state index contributed by atoms with van der Waals surface area (Å²) in [6.07, 6.45) is 1.52. The van der Waals surface area contributed by atoms with E-state index in [1.165, 1.54) is 10.9 Å². The van der Waals surface area contributed by atoms with E-state index in [1.54, 1.807) is 6.07 Å². The SMILES string of the molecule is Cl.O=c1c2ccccc2ncn1COCc1ccccc1. The molecular weight excluding hydrogens is 288 g/mol. The molecule has 0 N–H and O–H groups in total. The first-order valence-electron chi connectivity index (χ1n) is 6.40. The minimum Gasteiger partial charge on any atom is -0.356 e. The van der Waals surface area contributed by atoms with Crippen molar-refractivity contribution in [3.8, 4) is 0 Å². The van der Waals surface area contributed by atoms with Crippen molar-refractivity contribution in [1.82, 2.24) is 9.55 Å². The van der Waals surface area contributed by atoms with Gasteiger partial charge in [0, 0.05) is 0 Å². The number of hydrogen-bond acceptors (Lipinski definition) is 3. The number of aromatic nitrogens is 2. The Labute approximate surface area is 128 Å². The van der Waals surface area contributed by atoms with Crippen LogP contribution in [-0.2, 0) is 18.1 Å². The summed E-state index contributed by atoms with van der Waals surface area (Å²) >= 11 is 0. The third kappa shape index (κ3) is 3.48. The van der Waals surface area contributed by atoms with E-state index in [4.69, 9.17) is 4.74 Å². The van der Waals surface area contributed by atoms with Gasteiger partial charge in [0.25, 0.3) is 5.56 Å². The van der Waals surface area contributed by atoms with Crippen LogP contribution in [0.25, 0.3) is 10.9 Å². The Kier molecular flexibility index (Phi) is 5.09. The van der Waals surface area contributed by atoms with Crippen LogP contribution in [0.3, 0.4) is 0 Å². The lowest BCUT2D eigenvalue weighted by Gasteiger charge is -2.07. The quantitative estimate of drug-likeness (QED) is 0.744. The zero-order valence-electron chi connectivity index (χ0n) is 11.3. The van der Waals surface area contributed by atoms with Crippen LogP contribution in [-0.4, -0.2) is 9.55 Å². The highest BCUT2D eigenvalue weighted by Crippen LogP contribution is 2.05. The molecule has 1 aromatic heterocycles. The fourth-order valence-electron chi connectivity index (χ4n) is 2.03. The molecule has 21 heavy (non-hydrogen) atoms. The summed E-state index contributed by atoms with van der Waals surface area (Å²) in [4.78, 5) is 16.5. The molecule has 0 amide bonds. The zero-order chi connectivity index (χ0) is 13.8. The van der Waals surface area contributed by atoms with Crippen molar-refractivity contribution >= 4 is 23.3 Å². The van der Waals surface area contributed by atoms with E-state index in [2.05, 4.69) is 4.98 Å². The molecule has 0 radical (unpaired) electrons. The fourth-order valence-corrected chi connectivity index (χ4v) is 2.03. The number of ether oxygens (including phenoxy) is 1. The maximum absolute atomic E-state index is 12.2. The van der Waals surface area contributed by atoms with E-state index < -0.39 is 0 Å². The minimum atomic E-state index is -0.0799. The van der Waals surface area contributed by atoms with Gasteiger partial charge in [-0.15, -0.1) is 12.4 Å². The Hall–Kier alpha value is -2.17. The molecule has 0 saturated heterocycles. The summed E-state index contributed by atoms with van der Waals surface area (Å²) < 4.78 is 7.04. The topological polar surface area (TPSA) is 44.1 Å². The number of halogens is 1. The zero-order valence-corrected chi connectivity index (χ0v) is 12.1. The van der Waals surface area contributed by atoms with Crippen molar-refractivity contribution in [2.24, 2.45) is 0 Å². The largest absolute Gasteiger partial charge is 0.356 e. The summed E-state index contributed by atoms with van der Waals surface area (Å²) in [6.45, 7) is 0.672.